The van der Waals surface area contributed by atoms with Gasteiger partial charge in [-0.15, -0.1) is 0 Å². The van der Waals surface area contributed by atoms with Crippen molar-refractivity contribution in [3.05, 3.63) is 12.3 Å². The third-order valence-corrected chi connectivity index (χ3v) is 1.85. The van der Waals surface area contributed by atoms with E-state index in [1.54, 1.807) is 20.8 Å². The average Bonchev–Trinajstić information content (AvgIpc) is 1.98. The van der Waals surface area contributed by atoms with Crippen molar-refractivity contribution >= 4 is 28.4 Å². The molecule has 1 unspecified atom stereocenters. The molecule has 0 aromatic carbocycles. The van der Waals surface area contributed by atoms with E-state index in [4.69, 9.17) is 10.5 Å². The van der Waals surface area contributed by atoms with Gasteiger partial charge in [0.2, 0.25) is 5.78 Å². The Morgan fingerprint density at radius 1 is 1.57 bits per heavy atom. The van der Waals surface area contributed by atoms with Crippen LogP contribution in [0.1, 0.15) is 20.8 Å². The number of aliphatic hydroxyl groups is 1. The third-order valence-electron chi connectivity index (χ3n) is 1.53. The second-order valence-electron chi connectivity index (χ2n) is 3.80. The van der Waals surface area contributed by atoms with Crippen molar-refractivity contribution < 1.29 is 14.6 Å². The molecular formula is C9H16INO3. The summed E-state index contributed by atoms with van der Waals surface area (Å²) in [6, 6.07) is 0. The van der Waals surface area contributed by atoms with Crippen molar-refractivity contribution in [3.63, 3.8) is 0 Å². The van der Waals surface area contributed by atoms with E-state index in [0.29, 0.717) is 0 Å². The second-order valence-corrected chi connectivity index (χ2v) is 6.12. The number of ketones is 1. The highest BCUT2D eigenvalue weighted by Crippen LogP contribution is 2.20. The molecule has 0 amide bonds. The fraction of sp³-hybridized carbons (Fsp3) is 0.667. The molecule has 0 spiro atoms. The standard InChI is InChI=1S/C9H16INO3/c1-6(11)7(12)8(2,3)14-5-9(4,10)13/h13H,1,5,11H2,2-4H3. The molecule has 3 N–H and O–H groups in total. The van der Waals surface area contributed by atoms with Crippen LogP contribution < -0.4 is 5.73 Å². The number of carbonyl (C=O) groups is 1. The van der Waals surface area contributed by atoms with Crippen molar-refractivity contribution in [3.8, 4) is 0 Å². The number of halogens is 1. The molecule has 0 saturated heterocycles. The number of hydrogen-bond acceptors (Lipinski definition) is 4. The van der Waals surface area contributed by atoms with Gasteiger partial charge < -0.3 is 15.6 Å². The van der Waals surface area contributed by atoms with Crippen LogP contribution in [0.3, 0.4) is 0 Å². The van der Waals surface area contributed by atoms with Crippen LogP contribution in [0.15, 0.2) is 12.3 Å². The van der Waals surface area contributed by atoms with E-state index in [2.05, 4.69) is 6.58 Å². The summed E-state index contributed by atoms with van der Waals surface area (Å²) >= 11 is 1.82. The summed E-state index contributed by atoms with van der Waals surface area (Å²) in [5, 5.41) is 9.40. The number of alkyl halides is 1. The lowest BCUT2D eigenvalue weighted by atomic mass is 10.0. The highest BCUT2D eigenvalue weighted by atomic mass is 127. The maximum absolute atomic E-state index is 11.4. The van der Waals surface area contributed by atoms with Gasteiger partial charge in [-0.05, 0) is 43.4 Å². The molecule has 0 bridgehead atoms. The molecule has 0 heterocycles. The van der Waals surface area contributed by atoms with Crippen molar-refractivity contribution in [2.75, 3.05) is 6.61 Å². The van der Waals surface area contributed by atoms with E-state index in [1.165, 1.54) is 0 Å². The zero-order valence-corrected chi connectivity index (χ0v) is 10.8. The summed E-state index contributed by atoms with van der Waals surface area (Å²) in [6.07, 6.45) is 0. The first-order chi connectivity index (χ1) is 6.06. The van der Waals surface area contributed by atoms with Crippen LogP contribution in [0.25, 0.3) is 0 Å². The lowest BCUT2D eigenvalue weighted by Gasteiger charge is -2.27. The zero-order valence-electron chi connectivity index (χ0n) is 8.63. The van der Waals surface area contributed by atoms with E-state index >= 15 is 0 Å². The number of nitrogens with two attached hydrogens (primary N) is 1. The van der Waals surface area contributed by atoms with Crippen LogP contribution in [-0.4, -0.2) is 26.7 Å². The number of hydrogen-bond donors (Lipinski definition) is 2. The number of Topliss-reactive ketones (excluding diaryl/α,β-unsaturated/α-hetero) is 1. The predicted octanol–water partition coefficient (Wildman–Crippen LogP) is 0.967. The molecule has 0 radical (unpaired) electrons. The Balaban J connectivity index is 4.35. The average molecular weight is 313 g/mol. The van der Waals surface area contributed by atoms with Gasteiger partial charge in [0.1, 0.15) is 9.21 Å². The molecule has 0 rings (SSSR count). The molecule has 1 atom stereocenters. The minimum absolute atomic E-state index is 0.0388. The van der Waals surface area contributed by atoms with Crippen molar-refractivity contribution in [2.24, 2.45) is 5.73 Å². The Kier molecular flexibility index (Phi) is 4.54. The number of rotatable bonds is 5. The molecule has 0 aromatic rings. The Morgan fingerprint density at radius 2 is 2.00 bits per heavy atom. The van der Waals surface area contributed by atoms with E-state index in [-0.39, 0.29) is 18.1 Å². The molecule has 0 fully saturated rings. The fourth-order valence-corrected chi connectivity index (χ4v) is 0.920. The van der Waals surface area contributed by atoms with Gasteiger partial charge in [-0.3, -0.25) is 4.79 Å². The van der Waals surface area contributed by atoms with E-state index in [0.717, 1.165) is 0 Å². The molecule has 0 saturated carbocycles. The third kappa shape index (κ3) is 4.92. The summed E-state index contributed by atoms with van der Waals surface area (Å²) in [5.74, 6) is -0.363. The van der Waals surface area contributed by atoms with Gasteiger partial charge in [0, 0.05) is 0 Å². The smallest absolute Gasteiger partial charge is 0.208 e. The van der Waals surface area contributed by atoms with Crippen molar-refractivity contribution in [1.29, 1.82) is 0 Å². The normalized spacial score (nSPS) is 16.1. The summed E-state index contributed by atoms with van der Waals surface area (Å²) in [4.78, 5) is 11.4. The minimum atomic E-state index is -1.04. The highest BCUT2D eigenvalue weighted by Gasteiger charge is 2.31. The van der Waals surface area contributed by atoms with Gasteiger partial charge >= 0.3 is 0 Å². The minimum Gasteiger partial charge on any atom is -0.396 e. The number of carbonyl (C=O) groups excluding carboxylic acids is 1. The molecule has 0 aromatic heterocycles. The van der Waals surface area contributed by atoms with E-state index in [9.17, 15) is 9.90 Å². The van der Waals surface area contributed by atoms with Crippen LogP contribution in [-0.2, 0) is 9.53 Å². The molecule has 5 heteroatoms. The van der Waals surface area contributed by atoms with Crippen LogP contribution in [0.2, 0.25) is 0 Å². The van der Waals surface area contributed by atoms with Crippen molar-refractivity contribution in [1.82, 2.24) is 0 Å². The second kappa shape index (κ2) is 4.59. The predicted molar refractivity (Wildman–Crippen MR) is 63.0 cm³/mol. The van der Waals surface area contributed by atoms with E-state index in [1.807, 2.05) is 22.6 Å². The van der Waals surface area contributed by atoms with Gasteiger partial charge in [0.05, 0.1) is 12.3 Å². The van der Waals surface area contributed by atoms with Gasteiger partial charge in [0.15, 0.2) is 0 Å². The maximum Gasteiger partial charge on any atom is 0.208 e. The fourth-order valence-electron chi connectivity index (χ4n) is 0.764. The first-order valence-corrected chi connectivity index (χ1v) is 5.18. The largest absolute Gasteiger partial charge is 0.396 e. The Bertz CT molecular complexity index is 243. The van der Waals surface area contributed by atoms with Crippen LogP contribution >= 0.6 is 22.6 Å². The monoisotopic (exact) mass is 313 g/mol. The molecule has 4 nitrogen and oxygen atoms in total. The first-order valence-electron chi connectivity index (χ1n) is 4.11. The summed E-state index contributed by atoms with van der Waals surface area (Å²) < 4.78 is 4.27. The van der Waals surface area contributed by atoms with Gasteiger partial charge in [-0.1, -0.05) is 6.58 Å². The molecular weight excluding hydrogens is 297 g/mol. The van der Waals surface area contributed by atoms with Crippen LogP contribution in [0, 0.1) is 0 Å². The van der Waals surface area contributed by atoms with Gasteiger partial charge in [-0.2, -0.15) is 0 Å². The lowest BCUT2D eigenvalue weighted by Crippen LogP contribution is -2.41. The Morgan fingerprint density at radius 3 is 2.29 bits per heavy atom. The van der Waals surface area contributed by atoms with Crippen molar-refractivity contribution in [2.45, 2.75) is 30.0 Å². The van der Waals surface area contributed by atoms with Gasteiger partial charge in [0.25, 0.3) is 0 Å². The molecule has 82 valence electrons. The van der Waals surface area contributed by atoms with Gasteiger partial charge in [-0.25, -0.2) is 0 Å². The molecule has 0 aliphatic rings. The maximum atomic E-state index is 11.4. The highest BCUT2D eigenvalue weighted by molar-refractivity contribution is 14.1. The molecule has 0 aliphatic carbocycles. The molecule has 0 aliphatic heterocycles. The summed E-state index contributed by atoms with van der Waals surface area (Å²) in [6.45, 7) is 8.18. The topological polar surface area (TPSA) is 72.6 Å². The summed E-state index contributed by atoms with van der Waals surface area (Å²) in [5.41, 5.74) is 4.19. The lowest BCUT2D eigenvalue weighted by molar-refractivity contribution is -0.139. The van der Waals surface area contributed by atoms with Crippen LogP contribution in [0.4, 0.5) is 0 Å². The SMILES string of the molecule is C=C(N)C(=O)C(C)(C)OCC(C)(O)I. The molecule has 14 heavy (non-hydrogen) atoms. The quantitative estimate of drug-likeness (QED) is 0.451. The zero-order chi connectivity index (χ0) is 11.6. The van der Waals surface area contributed by atoms with Crippen LogP contribution in [0.5, 0.6) is 0 Å². The first kappa shape index (κ1) is 13.9. The van der Waals surface area contributed by atoms with E-state index < -0.39 is 9.21 Å². The Labute approximate surface area is 97.6 Å². The number of ether oxygens (including phenoxy) is 1. The summed E-state index contributed by atoms with van der Waals surface area (Å²) in [7, 11) is 0. The Hall–Kier alpha value is -0.140.